The Labute approximate surface area is 227 Å². The first-order chi connectivity index (χ1) is 18.1. The highest BCUT2D eigenvalue weighted by molar-refractivity contribution is 9.10. The molecule has 1 saturated carbocycles. The molecule has 2 N–H and O–H groups in total. The van der Waals surface area contributed by atoms with Gasteiger partial charge in [0, 0.05) is 35.2 Å². The van der Waals surface area contributed by atoms with Crippen LogP contribution in [0.15, 0.2) is 62.6 Å². The maximum atomic E-state index is 14.8. The molecule has 1 atom stereocenters. The lowest BCUT2D eigenvalue weighted by molar-refractivity contribution is -0.118. The molecule has 0 bridgehead atoms. The predicted octanol–water partition coefficient (Wildman–Crippen LogP) is 5.12. The van der Waals surface area contributed by atoms with E-state index in [2.05, 4.69) is 26.6 Å². The van der Waals surface area contributed by atoms with Crippen molar-refractivity contribution in [2.24, 2.45) is 5.92 Å². The lowest BCUT2D eigenvalue weighted by Crippen LogP contribution is -2.47. The summed E-state index contributed by atoms with van der Waals surface area (Å²) in [6.45, 7) is 5.54. The first kappa shape index (κ1) is 26.0. The Bertz CT molecular complexity index is 1590. The van der Waals surface area contributed by atoms with Crippen molar-refractivity contribution in [3.63, 3.8) is 0 Å². The molecule has 1 aliphatic heterocycles. The minimum Gasteiger partial charge on any atom is -0.354 e. The van der Waals surface area contributed by atoms with Gasteiger partial charge in [0.2, 0.25) is 5.91 Å². The lowest BCUT2D eigenvalue weighted by atomic mass is 10.0. The smallest absolute Gasteiger partial charge is 0.337 e. The third kappa shape index (κ3) is 4.69. The molecule has 2 aromatic carbocycles. The maximum Gasteiger partial charge on any atom is 0.337 e. The number of aromatic nitrogens is 2. The van der Waals surface area contributed by atoms with Crippen molar-refractivity contribution in [3.8, 4) is 5.69 Å². The van der Waals surface area contributed by atoms with Crippen LogP contribution in [0.2, 0.25) is 0 Å². The fourth-order valence-electron chi connectivity index (χ4n) is 4.55. The summed E-state index contributed by atoms with van der Waals surface area (Å²) >= 11 is 3.27. The molecule has 10 heteroatoms. The zero-order chi connectivity index (χ0) is 27.3. The van der Waals surface area contributed by atoms with Crippen molar-refractivity contribution in [2.45, 2.75) is 45.7 Å². The number of carbonyl (C=O) groups excluding carboxylic acids is 1. The molecule has 1 fully saturated rings. The van der Waals surface area contributed by atoms with Gasteiger partial charge in [-0.25, -0.2) is 13.8 Å². The largest absolute Gasteiger partial charge is 0.354 e. The number of nitrogens with one attached hydrogen (secondary N) is 2. The topological polar surface area (TPSA) is 88.4 Å². The number of carbonyl (C=O) groups is 1. The first-order valence-corrected chi connectivity index (χ1v) is 13.4. The second kappa shape index (κ2) is 9.90. The number of amides is 1. The van der Waals surface area contributed by atoms with Gasteiger partial charge in [-0.3, -0.25) is 14.2 Å². The number of rotatable bonds is 6. The quantitative estimate of drug-likeness (QED) is 0.422. The van der Waals surface area contributed by atoms with E-state index in [1.165, 1.54) is 15.2 Å². The highest BCUT2D eigenvalue weighted by Crippen LogP contribution is 2.37. The molecule has 2 heterocycles. The molecule has 3 aromatic rings. The summed E-state index contributed by atoms with van der Waals surface area (Å²) < 4.78 is 18.2. The van der Waals surface area contributed by atoms with Crippen molar-refractivity contribution in [1.29, 1.82) is 0 Å². The van der Waals surface area contributed by atoms with Gasteiger partial charge in [0.05, 0.1) is 17.1 Å². The number of halogens is 2. The van der Waals surface area contributed by atoms with Crippen LogP contribution in [0.25, 0.3) is 11.4 Å². The summed E-state index contributed by atoms with van der Waals surface area (Å²) in [6, 6.07) is 11.3. The molecule has 5 rings (SSSR count). The summed E-state index contributed by atoms with van der Waals surface area (Å²) in [6.07, 6.45) is 3.33. The minimum absolute atomic E-state index is 0.142. The van der Waals surface area contributed by atoms with Crippen molar-refractivity contribution in [3.05, 3.63) is 85.2 Å². The average Bonchev–Trinajstić information content (AvgIpc) is 3.69. The van der Waals surface area contributed by atoms with Gasteiger partial charge in [-0.1, -0.05) is 35.8 Å². The van der Waals surface area contributed by atoms with Crippen molar-refractivity contribution in [1.82, 2.24) is 9.13 Å². The Morgan fingerprint density at radius 1 is 1.13 bits per heavy atom. The third-order valence-corrected chi connectivity index (χ3v) is 7.39. The first-order valence-electron chi connectivity index (χ1n) is 12.6. The Hall–Kier alpha value is -3.66. The second-order valence-electron chi connectivity index (χ2n) is 10.1. The number of benzene rings is 2. The molecule has 2 aliphatic rings. The van der Waals surface area contributed by atoms with E-state index in [4.69, 9.17) is 0 Å². The van der Waals surface area contributed by atoms with E-state index in [9.17, 15) is 18.8 Å². The van der Waals surface area contributed by atoms with Crippen LogP contribution in [0, 0.1) is 11.7 Å². The number of hydrogen-bond donors (Lipinski definition) is 2. The van der Waals surface area contributed by atoms with Crippen LogP contribution in [-0.2, 0) is 4.79 Å². The van der Waals surface area contributed by atoms with Gasteiger partial charge in [-0.2, -0.15) is 0 Å². The summed E-state index contributed by atoms with van der Waals surface area (Å²) in [5, 5.41) is 5.99. The van der Waals surface area contributed by atoms with Gasteiger partial charge in [-0.15, -0.1) is 0 Å². The fourth-order valence-corrected chi connectivity index (χ4v) is 4.88. The Kier molecular flexibility index (Phi) is 6.77. The lowest BCUT2D eigenvalue weighted by Gasteiger charge is -2.35. The van der Waals surface area contributed by atoms with E-state index in [1.807, 2.05) is 24.9 Å². The van der Waals surface area contributed by atoms with Gasteiger partial charge < -0.3 is 15.5 Å². The van der Waals surface area contributed by atoms with Gasteiger partial charge in [-0.05, 0) is 62.2 Å². The normalized spacial score (nSPS) is 16.8. The Morgan fingerprint density at radius 3 is 2.53 bits per heavy atom. The fraction of sp³-hybridized carbons (Fsp3) is 0.321. The summed E-state index contributed by atoms with van der Waals surface area (Å²) in [7, 11) is 1.82. The molecular weight excluding hydrogens is 553 g/mol. The number of anilines is 3. The van der Waals surface area contributed by atoms with Crippen LogP contribution in [-0.4, -0.2) is 28.1 Å². The molecule has 0 radical (unpaired) electrons. The van der Waals surface area contributed by atoms with E-state index < -0.39 is 17.1 Å². The maximum absolute atomic E-state index is 14.8. The monoisotopic (exact) mass is 581 g/mol. The van der Waals surface area contributed by atoms with Gasteiger partial charge in [0.15, 0.2) is 0 Å². The van der Waals surface area contributed by atoms with E-state index in [0.717, 1.165) is 12.8 Å². The third-order valence-electron chi connectivity index (χ3n) is 6.90. The highest BCUT2D eigenvalue weighted by atomic mass is 79.9. The molecule has 0 spiro atoms. The SMILES string of the molecule is CC(C)C(=O)Nc1cccc(-n2c3c(c(=O)n(C4CC4)c2=O)C(Nc2ccc(Br)cc2F)=CC(C)N3C)c1. The molecule has 1 aliphatic carbocycles. The number of fused-ring (bicyclic) bond motifs is 1. The zero-order valence-corrected chi connectivity index (χ0v) is 23.2. The molecule has 1 aromatic heterocycles. The number of hydrogen-bond acceptors (Lipinski definition) is 5. The van der Waals surface area contributed by atoms with Gasteiger partial charge in [0.25, 0.3) is 5.56 Å². The van der Waals surface area contributed by atoms with Crippen LogP contribution in [0.1, 0.15) is 45.2 Å². The summed E-state index contributed by atoms with van der Waals surface area (Å²) in [5.41, 5.74) is 1.14. The minimum atomic E-state index is -0.474. The van der Waals surface area contributed by atoms with E-state index in [1.54, 1.807) is 50.2 Å². The Morgan fingerprint density at radius 2 is 1.87 bits per heavy atom. The van der Waals surface area contributed by atoms with Gasteiger partial charge in [0.1, 0.15) is 17.2 Å². The van der Waals surface area contributed by atoms with Crippen LogP contribution in [0.4, 0.5) is 21.6 Å². The number of nitrogens with zero attached hydrogens (tertiary/aromatic N) is 3. The van der Waals surface area contributed by atoms with Crippen molar-refractivity contribution in [2.75, 3.05) is 22.6 Å². The van der Waals surface area contributed by atoms with Crippen LogP contribution < -0.4 is 26.8 Å². The average molecular weight is 582 g/mol. The van der Waals surface area contributed by atoms with Gasteiger partial charge >= 0.3 is 5.69 Å². The van der Waals surface area contributed by atoms with E-state index >= 15 is 0 Å². The molecule has 1 unspecified atom stereocenters. The molecular formula is C28H29BrFN5O3. The molecule has 8 nitrogen and oxygen atoms in total. The van der Waals surface area contributed by atoms with Crippen LogP contribution >= 0.6 is 15.9 Å². The summed E-state index contributed by atoms with van der Waals surface area (Å²) in [4.78, 5) is 42.0. The standard InChI is InChI=1S/C28H29BrFN5O3/c1-15(2)25(36)31-18-6-5-7-20(14-18)34-26-24(27(37)35(28(34)38)19-9-10-19)23(12-16(3)33(26)4)32-22-11-8-17(29)13-21(22)30/h5-8,11-16,19,32H,9-10H2,1-4H3,(H,31,36). The zero-order valence-electron chi connectivity index (χ0n) is 21.6. The van der Waals surface area contributed by atoms with Crippen molar-refractivity contribution < 1.29 is 9.18 Å². The van der Waals surface area contributed by atoms with E-state index in [0.29, 0.717) is 27.4 Å². The van der Waals surface area contributed by atoms with Crippen LogP contribution in [0.5, 0.6) is 0 Å². The second-order valence-corrected chi connectivity index (χ2v) is 11.0. The Balaban J connectivity index is 1.73. The number of likely N-dealkylation sites (N-methyl/N-ethyl adjacent to an activating group) is 1. The van der Waals surface area contributed by atoms with Crippen molar-refractivity contribution >= 4 is 44.7 Å². The molecule has 198 valence electrons. The highest BCUT2D eigenvalue weighted by Gasteiger charge is 2.35. The summed E-state index contributed by atoms with van der Waals surface area (Å²) in [5.74, 6) is -0.427. The van der Waals surface area contributed by atoms with Crippen LogP contribution in [0.3, 0.4) is 0 Å². The van der Waals surface area contributed by atoms with E-state index in [-0.39, 0.29) is 35.2 Å². The predicted molar refractivity (Wildman–Crippen MR) is 152 cm³/mol. The molecule has 0 saturated heterocycles. The molecule has 38 heavy (non-hydrogen) atoms. The molecule has 1 amide bonds.